The Bertz CT molecular complexity index is 1270. The molecule has 2 aliphatic rings. The lowest BCUT2D eigenvalue weighted by Crippen LogP contribution is -2.52. The number of aromatic nitrogens is 1. The van der Waals surface area contributed by atoms with Gasteiger partial charge >= 0.3 is 0 Å². The van der Waals surface area contributed by atoms with Gasteiger partial charge in [0, 0.05) is 29.1 Å². The van der Waals surface area contributed by atoms with E-state index in [4.69, 9.17) is 9.47 Å². The summed E-state index contributed by atoms with van der Waals surface area (Å²) in [5, 5.41) is 3.34. The molecule has 3 amide bonds. The van der Waals surface area contributed by atoms with Gasteiger partial charge in [-0.05, 0) is 56.0 Å². The summed E-state index contributed by atoms with van der Waals surface area (Å²) in [7, 11) is 0. The standard InChI is InChI=1S/C27H27N3O5/c31-25-12-11-22(26(32)29-25)30-17-20-18(27(30)33)8-6-10-23(20)34-15-4-1-5-16-35-24-13-14-28-21-9-3-2-7-19(21)24/h2-3,6-10,13-14,22H,1,4-5,11-12,15-17H2,(H,29,31,32). The maximum atomic E-state index is 12.9. The van der Waals surface area contributed by atoms with Crippen molar-refractivity contribution in [3.63, 3.8) is 0 Å². The highest BCUT2D eigenvalue weighted by Gasteiger charge is 2.40. The van der Waals surface area contributed by atoms with Gasteiger partial charge in [0.2, 0.25) is 11.8 Å². The number of benzene rings is 2. The second kappa shape index (κ2) is 10.1. The minimum atomic E-state index is -0.627. The number of rotatable bonds is 9. The van der Waals surface area contributed by atoms with Crippen LogP contribution in [0.4, 0.5) is 0 Å². The number of carbonyl (C=O) groups is 3. The molecule has 1 unspecified atom stereocenters. The van der Waals surface area contributed by atoms with Crippen LogP contribution in [0.15, 0.2) is 54.7 Å². The lowest BCUT2D eigenvalue weighted by Gasteiger charge is -2.29. The van der Waals surface area contributed by atoms with Crippen molar-refractivity contribution in [3.05, 3.63) is 65.9 Å². The summed E-state index contributed by atoms with van der Waals surface area (Å²) in [5.74, 6) is 0.619. The number of piperidine rings is 1. The molecule has 3 aromatic rings. The predicted molar refractivity (Wildman–Crippen MR) is 129 cm³/mol. The van der Waals surface area contributed by atoms with Crippen LogP contribution in [0.1, 0.15) is 48.0 Å². The molecule has 1 atom stereocenters. The van der Waals surface area contributed by atoms with Gasteiger partial charge < -0.3 is 14.4 Å². The average Bonchev–Trinajstić information content (AvgIpc) is 3.20. The van der Waals surface area contributed by atoms with Crippen molar-refractivity contribution in [1.82, 2.24) is 15.2 Å². The molecule has 0 bridgehead atoms. The lowest BCUT2D eigenvalue weighted by molar-refractivity contribution is -0.136. The first-order valence-corrected chi connectivity index (χ1v) is 12.0. The van der Waals surface area contributed by atoms with E-state index in [2.05, 4.69) is 10.3 Å². The van der Waals surface area contributed by atoms with Crippen LogP contribution < -0.4 is 14.8 Å². The lowest BCUT2D eigenvalue weighted by atomic mass is 10.0. The van der Waals surface area contributed by atoms with Gasteiger partial charge in [-0.1, -0.05) is 18.2 Å². The van der Waals surface area contributed by atoms with Crippen molar-refractivity contribution < 1.29 is 23.9 Å². The highest BCUT2D eigenvalue weighted by Crippen LogP contribution is 2.33. The zero-order valence-electron chi connectivity index (χ0n) is 19.4. The molecule has 1 saturated heterocycles. The van der Waals surface area contributed by atoms with E-state index in [1.165, 1.54) is 0 Å². The van der Waals surface area contributed by atoms with E-state index in [0.29, 0.717) is 37.5 Å². The van der Waals surface area contributed by atoms with Crippen LogP contribution in [0.2, 0.25) is 0 Å². The zero-order valence-corrected chi connectivity index (χ0v) is 19.4. The van der Waals surface area contributed by atoms with Gasteiger partial charge in [-0.15, -0.1) is 0 Å². The van der Waals surface area contributed by atoms with E-state index < -0.39 is 11.9 Å². The number of imide groups is 1. The highest BCUT2D eigenvalue weighted by atomic mass is 16.5. The fourth-order valence-corrected chi connectivity index (χ4v) is 4.63. The number of nitrogens with one attached hydrogen (secondary N) is 1. The van der Waals surface area contributed by atoms with Crippen LogP contribution in [0.25, 0.3) is 10.9 Å². The molecular weight excluding hydrogens is 446 g/mol. The Kier molecular flexibility index (Phi) is 6.61. The first-order chi connectivity index (χ1) is 17.1. The smallest absolute Gasteiger partial charge is 0.255 e. The summed E-state index contributed by atoms with van der Waals surface area (Å²) in [4.78, 5) is 42.5. The summed E-state index contributed by atoms with van der Waals surface area (Å²) in [6.07, 6.45) is 5.04. The zero-order chi connectivity index (χ0) is 24.2. The van der Waals surface area contributed by atoms with E-state index in [1.807, 2.05) is 36.4 Å². The molecule has 0 spiro atoms. The number of unbranched alkanes of at least 4 members (excludes halogenated alkanes) is 2. The third-order valence-corrected chi connectivity index (χ3v) is 6.45. The number of nitrogens with zero attached hydrogens (tertiary/aromatic N) is 2. The predicted octanol–water partition coefficient (Wildman–Crippen LogP) is 3.62. The van der Waals surface area contributed by atoms with Crippen LogP contribution in [0, 0.1) is 0 Å². The molecule has 8 nitrogen and oxygen atoms in total. The number of pyridine rings is 1. The van der Waals surface area contributed by atoms with Crippen LogP contribution >= 0.6 is 0 Å². The Morgan fingerprint density at radius 3 is 2.54 bits per heavy atom. The molecule has 180 valence electrons. The number of hydrogen-bond donors (Lipinski definition) is 1. The van der Waals surface area contributed by atoms with Gasteiger partial charge in [0.1, 0.15) is 17.5 Å². The van der Waals surface area contributed by atoms with Gasteiger partial charge in [0.05, 0.1) is 25.3 Å². The SMILES string of the molecule is O=C1CCC(N2Cc3c(OCCCCCOc4ccnc5ccccc45)cccc3C2=O)C(=O)N1. The molecule has 1 N–H and O–H groups in total. The third kappa shape index (κ3) is 4.82. The summed E-state index contributed by atoms with van der Waals surface area (Å²) < 4.78 is 12.0. The third-order valence-electron chi connectivity index (χ3n) is 6.45. The Balaban J connectivity index is 1.10. The van der Waals surface area contributed by atoms with Gasteiger partial charge in [-0.25, -0.2) is 0 Å². The number of para-hydroxylation sites is 1. The number of amides is 3. The van der Waals surface area contributed by atoms with Crippen molar-refractivity contribution in [3.8, 4) is 11.5 Å². The highest BCUT2D eigenvalue weighted by molar-refractivity contribution is 6.05. The Morgan fingerprint density at radius 1 is 0.914 bits per heavy atom. The van der Waals surface area contributed by atoms with Gasteiger partial charge in [0.25, 0.3) is 5.91 Å². The van der Waals surface area contributed by atoms with Crippen molar-refractivity contribution in [1.29, 1.82) is 0 Å². The molecule has 35 heavy (non-hydrogen) atoms. The maximum Gasteiger partial charge on any atom is 0.255 e. The Labute approximate surface area is 203 Å². The summed E-state index contributed by atoms with van der Waals surface area (Å²) in [5.41, 5.74) is 2.28. The van der Waals surface area contributed by atoms with E-state index >= 15 is 0 Å². The first-order valence-electron chi connectivity index (χ1n) is 12.0. The van der Waals surface area contributed by atoms with Crippen LogP contribution in [0.3, 0.4) is 0 Å². The Morgan fingerprint density at radius 2 is 1.71 bits per heavy atom. The summed E-state index contributed by atoms with van der Waals surface area (Å²) in [6, 6.07) is 14.6. The molecule has 8 heteroatoms. The van der Waals surface area contributed by atoms with Gasteiger partial charge in [0.15, 0.2) is 0 Å². The van der Waals surface area contributed by atoms with Crippen molar-refractivity contribution in [2.24, 2.45) is 0 Å². The van der Waals surface area contributed by atoms with E-state index in [0.717, 1.165) is 41.5 Å². The minimum absolute atomic E-state index is 0.194. The number of hydrogen-bond acceptors (Lipinski definition) is 6. The largest absolute Gasteiger partial charge is 0.493 e. The monoisotopic (exact) mass is 473 g/mol. The molecule has 5 rings (SSSR count). The average molecular weight is 474 g/mol. The molecule has 2 aromatic carbocycles. The van der Waals surface area contributed by atoms with E-state index in [9.17, 15) is 14.4 Å². The molecule has 2 aliphatic heterocycles. The van der Waals surface area contributed by atoms with E-state index in [1.54, 1.807) is 23.2 Å². The number of carbonyl (C=O) groups excluding carboxylic acids is 3. The second-order valence-electron chi connectivity index (χ2n) is 8.77. The van der Waals surface area contributed by atoms with Crippen LogP contribution in [-0.2, 0) is 16.1 Å². The number of ether oxygens (including phenoxy) is 2. The Hall–Kier alpha value is -3.94. The fraction of sp³-hybridized carbons (Fsp3) is 0.333. The molecule has 3 heterocycles. The van der Waals surface area contributed by atoms with Crippen molar-refractivity contribution in [2.75, 3.05) is 13.2 Å². The molecular formula is C27H27N3O5. The molecule has 1 aromatic heterocycles. The van der Waals surface area contributed by atoms with Gasteiger partial charge in [-0.3, -0.25) is 24.7 Å². The first kappa shape index (κ1) is 22.8. The van der Waals surface area contributed by atoms with Crippen molar-refractivity contribution >= 4 is 28.6 Å². The summed E-state index contributed by atoms with van der Waals surface area (Å²) in [6.45, 7) is 1.45. The normalized spacial score (nSPS) is 17.4. The molecule has 0 aliphatic carbocycles. The quantitative estimate of drug-likeness (QED) is 0.377. The molecule has 1 fully saturated rings. The van der Waals surface area contributed by atoms with Crippen LogP contribution in [-0.4, -0.2) is 46.9 Å². The second-order valence-corrected chi connectivity index (χ2v) is 8.77. The number of fused-ring (bicyclic) bond motifs is 2. The maximum absolute atomic E-state index is 12.9. The molecule has 0 radical (unpaired) electrons. The van der Waals surface area contributed by atoms with Gasteiger partial charge in [-0.2, -0.15) is 0 Å². The fourth-order valence-electron chi connectivity index (χ4n) is 4.63. The van der Waals surface area contributed by atoms with Crippen molar-refractivity contribution in [2.45, 2.75) is 44.7 Å². The molecule has 0 saturated carbocycles. The van der Waals surface area contributed by atoms with E-state index in [-0.39, 0.29) is 18.2 Å². The summed E-state index contributed by atoms with van der Waals surface area (Å²) >= 11 is 0. The van der Waals surface area contributed by atoms with Crippen LogP contribution in [0.5, 0.6) is 11.5 Å². The topological polar surface area (TPSA) is 97.8 Å². The minimum Gasteiger partial charge on any atom is -0.493 e.